The Morgan fingerprint density at radius 2 is 2.31 bits per heavy atom. The van der Waals surface area contributed by atoms with Crippen molar-refractivity contribution in [1.82, 2.24) is 9.97 Å². The number of aromatic nitrogens is 2. The van der Waals surface area contributed by atoms with E-state index in [4.69, 9.17) is 0 Å². The van der Waals surface area contributed by atoms with E-state index in [0.29, 0.717) is 11.7 Å². The average Bonchev–Trinajstić information content (AvgIpc) is 2.81. The molecule has 1 N–H and O–H groups in total. The van der Waals surface area contributed by atoms with Gasteiger partial charge in [0.15, 0.2) is 0 Å². The zero-order valence-corrected chi connectivity index (χ0v) is 9.67. The summed E-state index contributed by atoms with van der Waals surface area (Å²) in [5.74, 6) is 0.690. The molecule has 0 spiro atoms. The highest BCUT2D eigenvalue weighted by atomic mass is 32.1. The van der Waals surface area contributed by atoms with E-state index in [9.17, 15) is 4.39 Å². The molecule has 0 fully saturated rings. The predicted octanol–water partition coefficient (Wildman–Crippen LogP) is 2.89. The second-order valence-corrected chi connectivity index (χ2v) is 4.44. The molecule has 0 saturated carbocycles. The van der Waals surface area contributed by atoms with Gasteiger partial charge in [0.1, 0.15) is 11.6 Å². The van der Waals surface area contributed by atoms with Crippen LogP contribution < -0.4 is 5.32 Å². The van der Waals surface area contributed by atoms with Crippen LogP contribution in [0.15, 0.2) is 29.9 Å². The van der Waals surface area contributed by atoms with E-state index in [0.717, 1.165) is 11.6 Å². The SMILES string of the molecule is CC(CNc1ccc(F)cn1)c1nccs1. The van der Waals surface area contributed by atoms with Crippen molar-refractivity contribution in [2.24, 2.45) is 0 Å². The second-order valence-electron chi connectivity index (χ2n) is 3.51. The van der Waals surface area contributed by atoms with Crippen molar-refractivity contribution in [3.8, 4) is 0 Å². The van der Waals surface area contributed by atoms with Crippen molar-refractivity contribution in [3.05, 3.63) is 40.7 Å². The smallest absolute Gasteiger partial charge is 0.141 e. The first-order valence-corrected chi connectivity index (χ1v) is 5.88. The van der Waals surface area contributed by atoms with Gasteiger partial charge in [-0.2, -0.15) is 0 Å². The number of anilines is 1. The number of halogens is 1. The van der Waals surface area contributed by atoms with Crippen LogP contribution in [0.4, 0.5) is 10.2 Å². The summed E-state index contributed by atoms with van der Waals surface area (Å²) in [5.41, 5.74) is 0. The minimum Gasteiger partial charge on any atom is -0.369 e. The summed E-state index contributed by atoms with van der Waals surface area (Å²) < 4.78 is 12.6. The lowest BCUT2D eigenvalue weighted by Crippen LogP contribution is -2.10. The molecule has 0 aliphatic carbocycles. The normalized spacial score (nSPS) is 12.4. The maximum atomic E-state index is 12.6. The number of nitrogens with zero attached hydrogens (tertiary/aromatic N) is 2. The third-order valence-corrected chi connectivity index (χ3v) is 3.20. The molecule has 0 saturated heterocycles. The van der Waals surface area contributed by atoms with Crippen LogP contribution in [0.25, 0.3) is 0 Å². The van der Waals surface area contributed by atoms with Crippen LogP contribution >= 0.6 is 11.3 Å². The van der Waals surface area contributed by atoms with Crippen LogP contribution in [0, 0.1) is 5.82 Å². The summed E-state index contributed by atoms with van der Waals surface area (Å²) in [6.45, 7) is 2.83. The summed E-state index contributed by atoms with van der Waals surface area (Å²) in [6.07, 6.45) is 3.00. The Bertz CT molecular complexity index is 427. The van der Waals surface area contributed by atoms with Gasteiger partial charge in [0.2, 0.25) is 0 Å². The third kappa shape index (κ3) is 2.76. The molecule has 0 bridgehead atoms. The Morgan fingerprint density at radius 1 is 1.44 bits per heavy atom. The standard InChI is InChI=1S/C11H12FN3S/c1-8(11-13-4-5-16-11)6-14-10-3-2-9(12)7-15-10/h2-5,7-8H,6H2,1H3,(H,14,15). The molecule has 0 aliphatic heterocycles. The van der Waals surface area contributed by atoms with E-state index in [1.807, 2.05) is 5.38 Å². The van der Waals surface area contributed by atoms with Crippen LogP contribution in [0.2, 0.25) is 0 Å². The zero-order chi connectivity index (χ0) is 11.4. The van der Waals surface area contributed by atoms with E-state index in [-0.39, 0.29) is 5.82 Å². The van der Waals surface area contributed by atoms with E-state index in [1.165, 1.54) is 12.3 Å². The minimum atomic E-state index is -0.321. The summed E-state index contributed by atoms with van der Waals surface area (Å²) >= 11 is 1.64. The van der Waals surface area contributed by atoms with Gasteiger partial charge in [0.05, 0.1) is 11.2 Å². The largest absolute Gasteiger partial charge is 0.369 e. The molecular formula is C11H12FN3S. The molecule has 3 nitrogen and oxygen atoms in total. The summed E-state index contributed by atoms with van der Waals surface area (Å²) in [7, 11) is 0. The number of hydrogen-bond donors (Lipinski definition) is 1. The first-order chi connectivity index (χ1) is 7.75. The Kier molecular flexibility index (Phi) is 3.46. The van der Waals surface area contributed by atoms with Gasteiger partial charge in [-0.25, -0.2) is 14.4 Å². The average molecular weight is 237 g/mol. The van der Waals surface area contributed by atoms with Crippen LogP contribution in [0.3, 0.4) is 0 Å². The topological polar surface area (TPSA) is 37.8 Å². The summed E-state index contributed by atoms with van der Waals surface area (Å²) in [5, 5.41) is 6.20. The minimum absolute atomic E-state index is 0.321. The van der Waals surface area contributed by atoms with Crippen molar-refractivity contribution in [2.45, 2.75) is 12.8 Å². The summed E-state index contributed by atoms with van der Waals surface area (Å²) in [4.78, 5) is 8.17. The fourth-order valence-electron chi connectivity index (χ4n) is 1.30. The highest BCUT2D eigenvalue weighted by Crippen LogP contribution is 2.17. The van der Waals surface area contributed by atoms with Crippen LogP contribution in [0.1, 0.15) is 17.8 Å². The molecule has 1 atom stereocenters. The van der Waals surface area contributed by atoms with Crippen LogP contribution in [-0.2, 0) is 0 Å². The lowest BCUT2D eigenvalue weighted by molar-refractivity contribution is 0.621. The first-order valence-electron chi connectivity index (χ1n) is 5.00. The molecule has 0 aromatic carbocycles. The number of thiazole rings is 1. The Hall–Kier alpha value is -1.49. The van der Waals surface area contributed by atoms with Gasteiger partial charge < -0.3 is 5.32 Å². The number of pyridine rings is 1. The third-order valence-electron chi connectivity index (χ3n) is 2.19. The van der Waals surface area contributed by atoms with Crippen molar-refractivity contribution < 1.29 is 4.39 Å². The van der Waals surface area contributed by atoms with E-state index in [1.54, 1.807) is 23.6 Å². The predicted molar refractivity (Wildman–Crippen MR) is 63.2 cm³/mol. The van der Waals surface area contributed by atoms with Crippen molar-refractivity contribution >= 4 is 17.2 Å². The molecule has 2 heterocycles. The highest BCUT2D eigenvalue weighted by molar-refractivity contribution is 7.09. The maximum absolute atomic E-state index is 12.6. The van der Waals surface area contributed by atoms with Crippen molar-refractivity contribution in [2.75, 3.05) is 11.9 Å². The van der Waals surface area contributed by atoms with E-state index < -0.39 is 0 Å². The molecule has 5 heteroatoms. The van der Waals surface area contributed by atoms with Crippen LogP contribution in [-0.4, -0.2) is 16.5 Å². The van der Waals surface area contributed by atoms with Gasteiger partial charge in [-0.05, 0) is 12.1 Å². The molecule has 0 amide bonds. The highest BCUT2D eigenvalue weighted by Gasteiger charge is 2.07. The molecule has 2 aromatic heterocycles. The number of hydrogen-bond acceptors (Lipinski definition) is 4. The molecule has 0 radical (unpaired) electrons. The Morgan fingerprint density at radius 3 is 2.94 bits per heavy atom. The molecule has 2 aromatic rings. The molecule has 0 aliphatic rings. The van der Waals surface area contributed by atoms with Crippen molar-refractivity contribution in [1.29, 1.82) is 0 Å². The molecule has 84 valence electrons. The first kappa shape index (κ1) is 11.0. The summed E-state index contributed by atoms with van der Waals surface area (Å²) in [6, 6.07) is 3.02. The molecule has 16 heavy (non-hydrogen) atoms. The van der Waals surface area contributed by atoms with Gasteiger partial charge in [0, 0.05) is 24.0 Å². The number of nitrogens with one attached hydrogen (secondary N) is 1. The van der Waals surface area contributed by atoms with E-state index in [2.05, 4.69) is 22.2 Å². The maximum Gasteiger partial charge on any atom is 0.141 e. The zero-order valence-electron chi connectivity index (χ0n) is 8.85. The van der Waals surface area contributed by atoms with Gasteiger partial charge in [-0.3, -0.25) is 0 Å². The lowest BCUT2D eigenvalue weighted by Gasteiger charge is -2.10. The van der Waals surface area contributed by atoms with Gasteiger partial charge in [-0.1, -0.05) is 6.92 Å². The van der Waals surface area contributed by atoms with Gasteiger partial charge >= 0.3 is 0 Å². The lowest BCUT2D eigenvalue weighted by atomic mass is 10.2. The molecule has 2 rings (SSSR count). The fourth-order valence-corrected chi connectivity index (χ4v) is 2.00. The fraction of sp³-hybridized carbons (Fsp3) is 0.273. The number of rotatable bonds is 4. The monoisotopic (exact) mass is 237 g/mol. The van der Waals surface area contributed by atoms with Gasteiger partial charge in [0.25, 0.3) is 0 Å². The van der Waals surface area contributed by atoms with Crippen LogP contribution in [0.5, 0.6) is 0 Å². The Balaban J connectivity index is 1.90. The quantitative estimate of drug-likeness (QED) is 0.888. The van der Waals surface area contributed by atoms with Gasteiger partial charge in [-0.15, -0.1) is 11.3 Å². The van der Waals surface area contributed by atoms with Crippen molar-refractivity contribution in [3.63, 3.8) is 0 Å². The Labute approximate surface area is 97.4 Å². The molecular weight excluding hydrogens is 225 g/mol. The molecule has 1 unspecified atom stereocenters. The second kappa shape index (κ2) is 5.03. The van der Waals surface area contributed by atoms with E-state index >= 15 is 0 Å².